The number of rotatable bonds is 6. The monoisotopic (exact) mass is 283 g/mol. The van der Waals surface area contributed by atoms with Gasteiger partial charge in [-0.2, -0.15) is 0 Å². The van der Waals surface area contributed by atoms with E-state index in [2.05, 4.69) is 19.2 Å². The first-order valence-electron chi connectivity index (χ1n) is 7.05. The molecule has 0 bridgehead atoms. The second kappa shape index (κ2) is 6.37. The fraction of sp³-hybridized carbons (Fsp3) is 0.800. The highest BCUT2D eigenvalue weighted by atomic mass is 16.5. The van der Waals surface area contributed by atoms with Gasteiger partial charge < -0.3 is 10.1 Å². The lowest BCUT2D eigenvalue weighted by atomic mass is 9.52. The van der Waals surface area contributed by atoms with Crippen molar-refractivity contribution in [1.82, 2.24) is 5.32 Å². The van der Waals surface area contributed by atoms with Crippen LogP contribution in [0.1, 0.15) is 47.0 Å². The van der Waals surface area contributed by atoms with Crippen LogP contribution in [0.4, 0.5) is 0 Å². The Bertz CT molecular complexity index is 403. The predicted octanol–water partition coefficient (Wildman–Crippen LogP) is 1.70. The lowest BCUT2D eigenvalue weighted by Crippen LogP contribution is -2.49. The quantitative estimate of drug-likeness (QED) is 0.753. The van der Waals surface area contributed by atoms with Gasteiger partial charge in [0.15, 0.2) is 0 Å². The van der Waals surface area contributed by atoms with E-state index in [-0.39, 0.29) is 23.0 Å². The maximum absolute atomic E-state index is 11.6. The van der Waals surface area contributed by atoms with Gasteiger partial charge in [0.1, 0.15) is 11.8 Å². The Labute approximate surface area is 120 Å². The zero-order chi connectivity index (χ0) is 15.5. The molecule has 5 nitrogen and oxygen atoms in total. The zero-order valence-electron chi connectivity index (χ0n) is 13.0. The number of esters is 1. The molecule has 1 fully saturated rings. The lowest BCUT2D eigenvalue weighted by Gasteiger charge is -2.51. The van der Waals surface area contributed by atoms with Crippen molar-refractivity contribution in [3.63, 3.8) is 0 Å². The van der Waals surface area contributed by atoms with Crippen molar-refractivity contribution in [3.8, 4) is 0 Å². The highest BCUT2D eigenvalue weighted by molar-refractivity contribution is 5.83. The number of hydrogen-bond acceptors (Lipinski definition) is 4. The first-order chi connectivity index (χ1) is 9.20. The van der Waals surface area contributed by atoms with Gasteiger partial charge in [-0.3, -0.25) is 9.59 Å². The number of hydrogen-bond donors (Lipinski definition) is 1. The number of carbonyl (C=O) groups excluding carboxylic acids is 3. The molecule has 20 heavy (non-hydrogen) atoms. The molecule has 1 saturated carbocycles. The van der Waals surface area contributed by atoms with E-state index in [4.69, 9.17) is 4.74 Å². The summed E-state index contributed by atoms with van der Waals surface area (Å²) in [4.78, 5) is 34.2. The average molecular weight is 283 g/mol. The molecular weight excluding hydrogens is 258 g/mol. The van der Waals surface area contributed by atoms with Gasteiger partial charge in [0, 0.05) is 12.8 Å². The largest absolute Gasteiger partial charge is 0.467 e. The number of nitrogens with one attached hydrogen (secondary N) is 1. The summed E-state index contributed by atoms with van der Waals surface area (Å²) in [5.41, 5.74) is -0.0251. The van der Waals surface area contributed by atoms with E-state index in [1.165, 1.54) is 14.0 Å². The molecule has 0 aliphatic heterocycles. The SMILES string of the molecule is COC(=O)[C@H](CC[C@@H]1C[C@H](C(C)=O)C1(C)C)NC(C)=O. The van der Waals surface area contributed by atoms with Gasteiger partial charge in [-0.25, -0.2) is 4.79 Å². The third-order valence-electron chi connectivity index (χ3n) is 4.63. The summed E-state index contributed by atoms with van der Waals surface area (Å²) in [6.45, 7) is 7.21. The summed E-state index contributed by atoms with van der Waals surface area (Å²) < 4.78 is 4.70. The normalized spacial score (nSPS) is 25.2. The molecule has 5 heteroatoms. The molecule has 0 unspecified atom stereocenters. The molecule has 0 aromatic heterocycles. The summed E-state index contributed by atoms with van der Waals surface area (Å²) in [6, 6.07) is -0.593. The number of methoxy groups -OCH3 is 1. The van der Waals surface area contributed by atoms with E-state index < -0.39 is 12.0 Å². The van der Waals surface area contributed by atoms with Crippen LogP contribution in [-0.2, 0) is 19.1 Å². The van der Waals surface area contributed by atoms with Crippen LogP contribution in [0.5, 0.6) is 0 Å². The van der Waals surface area contributed by atoms with Crippen LogP contribution < -0.4 is 5.32 Å². The highest BCUT2D eigenvalue weighted by Crippen LogP contribution is 2.53. The maximum atomic E-state index is 11.6. The molecule has 0 saturated heterocycles. The summed E-state index contributed by atoms with van der Waals surface area (Å²) >= 11 is 0. The van der Waals surface area contributed by atoms with Gasteiger partial charge in [0.05, 0.1) is 7.11 Å². The average Bonchev–Trinajstić information content (AvgIpc) is 2.34. The molecule has 0 heterocycles. The second-order valence-electron chi connectivity index (χ2n) is 6.27. The van der Waals surface area contributed by atoms with E-state index in [0.29, 0.717) is 12.3 Å². The minimum Gasteiger partial charge on any atom is -0.467 e. The minimum absolute atomic E-state index is 0.0251. The van der Waals surface area contributed by atoms with Crippen LogP contribution in [0, 0.1) is 17.3 Å². The van der Waals surface area contributed by atoms with Crippen LogP contribution >= 0.6 is 0 Å². The molecule has 1 N–H and O–H groups in total. The molecule has 0 aromatic rings. The van der Waals surface area contributed by atoms with Crippen LogP contribution in [-0.4, -0.2) is 30.8 Å². The Hall–Kier alpha value is -1.39. The van der Waals surface area contributed by atoms with Gasteiger partial charge in [-0.05, 0) is 37.5 Å². The van der Waals surface area contributed by atoms with Crippen molar-refractivity contribution in [3.05, 3.63) is 0 Å². The van der Waals surface area contributed by atoms with Gasteiger partial charge in [0.2, 0.25) is 5.91 Å². The first-order valence-corrected chi connectivity index (χ1v) is 7.05. The Kier molecular flexibility index (Phi) is 5.31. The van der Waals surface area contributed by atoms with E-state index in [9.17, 15) is 14.4 Å². The molecule has 1 aliphatic rings. The van der Waals surface area contributed by atoms with Gasteiger partial charge >= 0.3 is 5.97 Å². The van der Waals surface area contributed by atoms with E-state index in [1.54, 1.807) is 6.92 Å². The third kappa shape index (κ3) is 3.58. The Balaban J connectivity index is 2.55. The van der Waals surface area contributed by atoms with Gasteiger partial charge in [-0.15, -0.1) is 0 Å². The van der Waals surface area contributed by atoms with E-state index in [0.717, 1.165) is 12.8 Å². The Morgan fingerprint density at radius 2 is 1.90 bits per heavy atom. The molecule has 0 radical (unpaired) electrons. The summed E-state index contributed by atoms with van der Waals surface area (Å²) in [5.74, 6) is 0.0927. The topological polar surface area (TPSA) is 72.5 Å². The fourth-order valence-electron chi connectivity index (χ4n) is 3.20. The molecule has 1 amide bonds. The van der Waals surface area contributed by atoms with Crippen molar-refractivity contribution in [1.29, 1.82) is 0 Å². The van der Waals surface area contributed by atoms with Crippen molar-refractivity contribution in [2.45, 2.75) is 53.0 Å². The molecule has 114 valence electrons. The van der Waals surface area contributed by atoms with Crippen molar-refractivity contribution >= 4 is 17.7 Å². The van der Waals surface area contributed by atoms with E-state index >= 15 is 0 Å². The molecule has 0 spiro atoms. The number of ether oxygens (including phenoxy) is 1. The fourth-order valence-corrected chi connectivity index (χ4v) is 3.20. The van der Waals surface area contributed by atoms with Crippen LogP contribution in [0.3, 0.4) is 0 Å². The molecule has 1 rings (SSSR count). The summed E-state index contributed by atoms with van der Waals surface area (Å²) in [5, 5.41) is 2.62. The van der Waals surface area contributed by atoms with E-state index in [1.807, 2.05) is 0 Å². The smallest absolute Gasteiger partial charge is 0.328 e. The highest BCUT2D eigenvalue weighted by Gasteiger charge is 2.49. The second-order valence-corrected chi connectivity index (χ2v) is 6.27. The summed E-state index contributed by atoms with van der Waals surface area (Å²) in [7, 11) is 1.32. The maximum Gasteiger partial charge on any atom is 0.328 e. The summed E-state index contributed by atoms with van der Waals surface area (Å²) in [6.07, 6.45) is 2.22. The number of carbonyl (C=O) groups is 3. The Morgan fingerprint density at radius 3 is 2.30 bits per heavy atom. The molecule has 3 atom stereocenters. The Morgan fingerprint density at radius 1 is 1.30 bits per heavy atom. The number of amides is 1. The van der Waals surface area contributed by atoms with Crippen LogP contribution in [0.15, 0.2) is 0 Å². The number of ketones is 1. The first kappa shape index (κ1) is 16.7. The minimum atomic E-state index is -0.593. The molecule has 0 aromatic carbocycles. The molecule has 1 aliphatic carbocycles. The molecular formula is C15H25NO4. The van der Waals surface area contributed by atoms with Crippen molar-refractivity contribution in [2.75, 3.05) is 7.11 Å². The third-order valence-corrected chi connectivity index (χ3v) is 4.63. The van der Waals surface area contributed by atoms with Gasteiger partial charge in [0.25, 0.3) is 0 Å². The lowest BCUT2D eigenvalue weighted by molar-refractivity contribution is -0.146. The van der Waals surface area contributed by atoms with Crippen LogP contribution in [0.2, 0.25) is 0 Å². The van der Waals surface area contributed by atoms with Gasteiger partial charge in [-0.1, -0.05) is 13.8 Å². The zero-order valence-corrected chi connectivity index (χ0v) is 13.0. The predicted molar refractivity (Wildman–Crippen MR) is 74.9 cm³/mol. The van der Waals surface area contributed by atoms with Crippen LogP contribution in [0.25, 0.3) is 0 Å². The van der Waals surface area contributed by atoms with Crippen molar-refractivity contribution < 1.29 is 19.1 Å². The standard InChI is InChI=1S/C15H25NO4/c1-9(17)12-8-11(15(12,3)4)6-7-13(14(19)20-5)16-10(2)18/h11-13H,6-8H2,1-5H3,(H,16,18)/t11-,12-,13+/m1/s1. The number of Topliss-reactive ketones (excluding diaryl/α,β-unsaturated/α-hetero) is 1. The van der Waals surface area contributed by atoms with Crippen molar-refractivity contribution in [2.24, 2.45) is 17.3 Å².